The Hall–Kier alpha value is -1.01. The molecule has 0 amide bonds. The van der Waals surface area contributed by atoms with Gasteiger partial charge < -0.3 is 9.47 Å². The summed E-state index contributed by atoms with van der Waals surface area (Å²) in [5.41, 5.74) is 0.775. The van der Waals surface area contributed by atoms with E-state index in [1.807, 2.05) is 12.1 Å². The van der Waals surface area contributed by atoms with Crippen LogP contribution in [0.15, 0.2) is 24.3 Å². The molecule has 0 bridgehead atoms. The largest absolute Gasteiger partial charge is 0.377 e. The van der Waals surface area contributed by atoms with Gasteiger partial charge in [0.05, 0.1) is 18.8 Å². The number of hydrogen-bond acceptors (Lipinski definition) is 4. The van der Waals surface area contributed by atoms with Crippen LogP contribution in [0, 0.1) is 5.82 Å². The molecule has 0 aliphatic carbocycles. The Balaban J connectivity index is 1.39. The van der Waals surface area contributed by atoms with E-state index in [9.17, 15) is 4.39 Å². The summed E-state index contributed by atoms with van der Waals surface area (Å²) < 4.78 is 25.6. The van der Waals surface area contributed by atoms with E-state index in [0.717, 1.165) is 45.0 Å². The number of morpholine rings is 1. The summed E-state index contributed by atoms with van der Waals surface area (Å²) in [6, 6.07) is 7.48. The number of nitrogens with zero attached hydrogens (tertiary/aromatic N) is 2. The summed E-state index contributed by atoms with van der Waals surface area (Å²) in [6.07, 6.45) is 2.99. The lowest BCUT2D eigenvalue weighted by atomic mass is 10.1. The predicted molar refractivity (Wildman–Crippen MR) is 85.8 cm³/mol. The quantitative estimate of drug-likeness (QED) is 0.846. The van der Waals surface area contributed by atoms with E-state index < -0.39 is 0 Å². The van der Waals surface area contributed by atoms with E-state index in [-0.39, 0.29) is 11.9 Å². The highest BCUT2D eigenvalue weighted by molar-refractivity contribution is 5.17. The summed E-state index contributed by atoms with van der Waals surface area (Å²) in [5, 5.41) is 0. The van der Waals surface area contributed by atoms with Crippen molar-refractivity contribution >= 4 is 0 Å². The Morgan fingerprint density at radius 1 is 1.13 bits per heavy atom. The van der Waals surface area contributed by atoms with E-state index in [2.05, 4.69) is 9.80 Å². The van der Waals surface area contributed by atoms with Gasteiger partial charge in [0, 0.05) is 50.9 Å². The fourth-order valence-corrected chi connectivity index (χ4v) is 4.11. The minimum absolute atomic E-state index is 0.112. The lowest BCUT2D eigenvalue weighted by molar-refractivity contribution is -0.0615. The second-order valence-electron chi connectivity index (χ2n) is 6.89. The fraction of sp³-hybridized carbons (Fsp3) is 0.667. The summed E-state index contributed by atoms with van der Waals surface area (Å²) in [7, 11) is 0. The summed E-state index contributed by atoms with van der Waals surface area (Å²) >= 11 is 0. The summed E-state index contributed by atoms with van der Waals surface area (Å²) in [6.45, 7) is 6.19. The molecule has 0 aromatic heterocycles. The van der Waals surface area contributed by atoms with E-state index in [0.29, 0.717) is 18.7 Å². The van der Waals surface area contributed by atoms with Gasteiger partial charge in [-0.3, -0.25) is 9.80 Å². The first-order chi connectivity index (χ1) is 11.3. The van der Waals surface area contributed by atoms with Crippen LogP contribution in [-0.4, -0.2) is 67.4 Å². The fourth-order valence-electron chi connectivity index (χ4n) is 4.11. The summed E-state index contributed by atoms with van der Waals surface area (Å²) in [4.78, 5) is 4.85. The third-order valence-electron chi connectivity index (χ3n) is 5.31. The number of rotatable bonds is 4. The molecule has 3 saturated heterocycles. The first-order valence-electron chi connectivity index (χ1n) is 8.72. The van der Waals surface area contributed by atoms with Crippen molar-refractivity contribution in [3.63, 3.8) is 0 Å². The third kappa shape index (κ3) is 3.43. The lowest BCUT2D eigenvalue weighted by Gasteiger charge is -2.38. The maximum atomic E-state index is 13.9. The van der Waals surface area contributed by atoms with E-state index in [4.69, 9.17) is 9.47 Å². The Bertz CT molecular complexity index is 536. The molecular weight excluding hydrogens is 295 g/mol. The maximum Gasteiger partial charge on any atom is 0.127 e. The van der Waals surface area contributed by atoms with Gasteiger partial charge >= 0.3 is 0 Å². The molecule has 3 aliphatic heterocycles. The standard InChI is InChI=1S/C18H25FN2O2/c19-16-6-2-1-4-14(16)10-20-12-17-18(13-20)23-9-7-21(17)11-15-5-3-8-22-15/h1-2,4,6,15,17-18H,3,5,7-13H2/t15?,17-,18+/m1/s1. The van der Waals surface area contributed by atoms with Crippen LogP contribution in [0.5, 0.6) is 0 Å². The second-order valence-corrected chi connectivity index (χ2v) is 6.89. The molecule has 4 nitrogen and oxygen atoms in total. The molecule has 0 N–H and O–H groups in total. The molecule has 3 heterocycles. The Labute approximate surface area is 137 Å². The molecule has 23 heavy (non-hydrogen) atoms. The minimum Gasteiger partial charge on any atom is -0.377 e. The molecule has 1 aromatic rings. The molecule has 4 rings (SSSR count). The highest BCUT2D eigenvalue weighted by Gasteiger charge is 2.40. The van der Waals surface area contributed by atoms with Gasteiger partial charge in [-0.15, -0.1) is 0 Å². The number of likely N-dealkylation sites (tertiary alicyclic amines) is 1. The first-order valence-corrected chi connectivity index (χ1v) is 8.72. The second kappa shape index (κ2) is 6.85. The molecule has 3 fully saturated rings. The number of hydrogen-bond donors (Lipinski definition) is 0. The van der Waals surface area contributed by atoms with Crippen molar-refractivity contribution in [1.29, 1.82) is 0 Å². The highest BCUT2D eigenvalue weighted by Crippen LogP contribution is 2.26. The minimum atomic E-state index is -0.112. The van der Waals surface area contributed by atoms with Gasteiger partial charge in [0.2, 0.25) is 0 Å². The van der Waals surface area contributed by atoms with Crippen LogP contribution < -0.4 is 0 Å². The van der Waals surface area contributed by atoms with Crippen LogP contribution in [0.2, 0.25) is 0 Å². The zero-order chi connectivity index (χ0) is 15.6. The smallest absolute Gasteiger partial charge is 0.127 e. The Morgan fingerprint density at radius 3 is 2.87 bits per heavy atom. The first kappa shape index (κ1) is 15.5. The normalized spacial score (nSPS) is 32.3. The van der Waals surface area contributed by atoms with E-state index in [1.54, 1.807) is 12.1 Å². The molecule has 126 valence electrons. The molecule has 3 aliphatic rings. The van der Waals surface area contributed by atoms with Crippen molar-refractivity contribution in [2.75, 3.05) is 39.4 Å². The number of halogens is 1. The van der Waals surface area contributed by atoms with Crippen LogP contribution >= 0.6 is 0 Å². The zero-order valence-corrected chi connectivity index (χ0v) is 13.5. The molecule has 3 atom stereocenters. The number of benzene rings is 1. The average Bonchev–Trinajstić information content (AvgIpc) is 3.19. The van der Waals surface area contributed by atoms with Crippen LogP contribution in [0.25, 0.3) is 0 Å². The lowest BCUT2D eigenvalue weighted by Crippen LogP contribution is -2.52. The van der Waals surface area contributed by atoms with Gasteiger partial charge in [0.25, 0.3) is 0 Å². The van der Waals surface area contributed by atoms with Gasteiger partial charge in [0.1, 0.15) is 5.82 Å². The monoisotopic (exact) mass is 320 g/mol. The highest BCUT2D eigenvalue weighted by atomic mass is 19.1. The van der Waals surface area contributed by atoms with Crippen molar-refractivity contribution in [3.05, 3.63) is 35.6 Å². The Morgan fingerprint density at radius 2 is 2.04 bits per heavy atom. The van der Waals surface area contributed by atoms with Crippen LogP contribution in [-0.2, 0) is 16.0 Å². The molecule has 5 heteroatoms. The molecule has 1 aromatic carbocycles. The van der Waals surface area contributed by atoms with Crippen molar-refractivity contribution in [3.8, 4) is 0 Å². The van der Waals surface area contributed by atoms with Crippen LogP contribution in [0.4, 0.5) is 4.39 Å². The molecule has 0 radical (unpaired) electrons. The van der Waals surface area contributed by atoms with Crippen LogP contribution in [0.1, 0.15) is 18.4 Å². The third-order valence-corrected chi connectivity index (χ3v) is 5.31. The van der Waals surface area contributed by atoms with Gasteiger partial charge in [0.15, 0.2) is 0 Å². The van der Waals surface area contributed by atoms with Crippen molar-refractivity contribution in [1.82, 2.24) is 9.80 Å². The summed E-state index contributed by atoms with van der Waals surface area (Å²) in [5.74, 6) is -0.112. The topological polar surface area (TPSA) is 24.9 Å². The number of fused-ring (bicyclic) bond motifs is 1. The predicted octanol–water partition coefficient (Wildman–Crippen LogP) is 1.89. The number of ether oxygens (including phenoxy) is 2. The zero-order valence-electron chi connectivity index (χ0n) is 13.5. The van der Waals surface area contributed by atoms with Crippen molar-refractivity contribution < 1.29 is 13.9 Å². The van der Waals surface area contributed by atoms with Crippen LogP contribution in [0.3, 0.4) is 0 Å². The van der Waals surface area contributed by atoms with Crippen molar-refractivity contribution in [2.45, 2.75) is 37.6 Å². The molecule has 0 spiro atoms. The van der Waals surface area contributed by atoms with Crippen molar-refractivity contribution in [2.24, 2.45) is 0 Å². The SMILES string of the molecule is Fc1ccccc1CN1C[C@@H]2OCCN(CC3CCCO3)[C@@H]2C1. The molecule has 1 unspecified atom stereocenters. The molecular formula is C18H25FN2O2. The van der Waals surface area contributed by atoms with Gasteiger partial charge in [-0.05, 0) is 18.9 Å². The average molecular weight is 320 g/mol. The van der Waals surface area contributed by atoms with Gasteiger partial charge in [-0.1, -0.05) is 18.2 Å². The maximum absolute atomic E-state index is 13.9. The van der Waals surface area contributed by atoms with E-state index >= 15 is 0 Å². The van der Waals surface area contributed by atoms with Gasteiger partial charge in [-0.2, -0.15) is 0 Å². The van der Waals surface area contributed by atoms with Gasteiger partial charge in [-0.25, -0.2) is 4.39 Å². The van der Waals surface area contributed by atoms with E-state index in [1.165, 1.54) is 12.8 Å². The Kier molecular flexibility index (Phi) is 4.62. The molecule has 0 saturated carbocycles.